The Labute approximate surface area is 79.0 Å². The standard InChI is InChI=1S/C11H16O2/c1-9(11(12)13)7-8-10-5-3-2-4-6-10/h3,5,10H,1-2,4,6-8H2,(H,12,13). The zero-order chi connectivity index (χ0) is 9.68. The van der Waals surface area contributed by atoms with Gasteiger partial charge in [0.15, 0.2) is 0 Å². The van der Waals surface area contributed by atoms with E-state index >= 15 is 0 Å². The third-order valence-corrected chi connectivity index (χ3v) is 2.47. The second-order valence-corrected chi connectivity index (χ2v) is 3.57. The van der Waals surface area contributed by atoms with E-state index in [0.717, 1.165) is 6.42 Å². The summed E-state index contributed by atoms with van der Waals surface area (Å²) in [5, 5.41) is 8.59. The Morgan fingerprint density at radius 3 is 2.92 bits per heavy atom. The topological polar surface area (TPSA) is 37.3 Å². The van der Waals surface area contributed by atoms with Gasteiger partial charge in [-0.25, -0.2) is 4.79 Å². The number of carboxylic acid groups (broad SMARTS) is 1. The largest absolute Gasteiger partial charge is 0.478 e. The van der Waals surface area contributed by atoms with Crippen LogP contribution in [0, 0.1) is 5.92 Å². The molecule has 1 rings (SSSR count). The van der Waals surface area contributed by atoms with Crippen molar-refractivity contribution in [2.24, 2.45) is 5.92 Å². The Balaban J connectivity index is 2.25. The number of carbonyl (C=O) groups is 1. The van der Waals surface area contributed by atoms with Gasteiger partial charge in [0, 0.05) is 5.57 Å². The van der Waals surface area contributed by atoms with Crippen LogP contribution in [0.1, 0.15) is 32.1 Å². The molecule has 0 spiro atoms. The van der Waals surface area contributed by atoms with Crippen molar-refractivity contribution in [3.63, 3.8) is 0 Å². The highest BCUT2D eigenvalue weighted by molar-refractivity contribution is 5.85. The molecule has 0 aromatic carbocycles. The van der Waals surface area contributed by atoms with E-state index in [-0.39, 0.29) is 0 Å². The fourth-order valence-electron chi connectivity index (χ4n) is 1.59. The summed E-state index contributed by atoms with van der Waals surface area (Å²) < 4.78 is 0. The first kappa shape index (κ1) is 10.0. The van der Waals surface area contributed by atoms with Crippen molar-refractivity contribution in [1.29, 1.82) is 0 Å². The zero-order valence-corrected chi connectivity index (χ0v) is 7.83. The summed E-state index contributed by atoms with van der Waals surface area (Å²) >= 11 is 0. The van der Waals surface area contributed by atoms with Crippen LogP contribution < -0.4 is 0 Å². The van der Waals surface area contributed by atoms with Gasteiger partial charge in [0.05, 0.1) is 0 Å². The Hall–Kier alpha value is -1.05. The first-order chi connectivity index (χ1) is 6.20. The number of allylic oxidation sites excluding steroid dienone is 2. The first-order valence-corrected chi connectivity index (χ1v) is 4.78. The van der Waals surface area contributed by atoms with Crippen LogP contribution in [0.15, 0.2) is 24.3 Å². The predicted molar refractivity (Wildman–Crippen MR) is 52.5 cm³/mol. The highest BCUT2D eigenvalue weighted by Gasteiger charge is 2.10. The Morgan fingerprint density at radius 2 is 2.38 bits per heavy atom. The van der Waals surface area contributed by atoms with E-state index in [1.807, 2.05) is 0 Å². The van der Waals surface area contributed by atoms with Crippen molar-refractivity contribution in [3.8, 4) is 0 Å². The van der Waals surface area contributed by atoms with Crippen LogP contribution in [-0.2, 0) is 4.79 Å². The molecule has 13 heavy (non-hydrogen) atoms. The molecule has 1 unspecified atom stereocenters. The normalized spacial score (nSPS) is 21.4. The smallest absolute Gasteiger partial charge is 0.330 e. The minimum absolute atomic E-state index is 0.332. The average molecular weight is 180 g/mol. The lowest BCUT2D eigenvalue weighted by Gasteiger charge is -2.15. The maximum atomic E-state index is 10.5. The summed E-state index contributed by atoms with van der Waals surface area (Å²) in [4.78, 5) is 10.5. The molecule has 2 heteroatoms. The SMILES string of the molecule is C=C(CCC1C=CCCC1)C(=O)O. The lowest BCUT2D eigenvalue weighted by molar-refractivity contribution is -0.132. The molecule has 0 aromatic rings. The van der Waals surface area contributed by atoms with Crippen LogP contribution in [0.5, 0.6) is 0 Å². The van der Waals surface area contributed by atoms with E-state index in [9.17, 15) is 4.79 Å². The monoisotopic (exact) mass is 180 g/mol. The van der Waals surface area contributed by atoms with Crippen molar-refractivity contribution < 1.29 is 9.90 Å². The van der Waals surface area contributed by atoms with Gasteiger partial charge in [-0.1, -0.05) is 18.7 Å². The van der Waals surface area contributed by atoms with Gasteiger partial charge < -0.3 is 5.11 Å². The van der Waals surface area contributed by atoms with Crippen LogP contribution in [-0.4, -0.2) is 11.1 Å². The molecule has 1 aliphatic rings. The Morgan fingerprint density at radius 1 is 1.62 bits per heavy atom. The maximum Gasteiger partial charge on any atom is 0.330 e. The summed E-state index contributed by atoms with van der Waals surface area (Å²) in [5.41, 5.74) is 0.332. The number of rotatable bonds is 4. The van der Waals surface area contributed by atoms with E-state index in [1.165, 1.54) is 19.3 Å². The van der Waals surface area contributed by atoms with Gasteiger partial charge in [-0.15, -0.1) is 0 Å². The first-order valence-electron chi connectivity index (χ1n) is 4.78. The van der Waals surface area contributed by atoms with Gasteiger partial charge in [0.1, 0.15) is 0 Å². The molecule has 0 heterocycles. The molecule has 1 N–H and O–H groups in total. The average Bonchev–Trinajstić information content (AvgIpc) is 2.15. The minimum Gasteiger partial charge on any atom is -0.478 e. The fourth-order valence-corrected chi connectivity index (χ4v) is 1.59. The highest BCUT2D eigenvalue weighted by Crippen LogP contribution is 2.22. The van der Waals surface area contributed by atoms with E-state index in [1.54, 1.807) is 0 Å². The van der Waals surface area contributed by atoms with E-state index in [0.29, 0.717) is 17.9 Å². The molecule has 1 atom stereocenters. The molecule has 0 aromatic heterocycles. The molecule has 0 fully saturated rings. The van der Waals surface area contributed by atoms with Gasteiger partial charge in [0.25, 0.3) is 0 Å². The van der Waals surface area contributed by atoms with Crippen LogP contribution >= 0.6 is 0 Å². The lowest BCUT2D eigenvalue weighted by atomic mass is 9.90. The van der Waals surface area contributed by atoms with E-state index < -0.39 is 5.97 Å². The molecule has 72 valence electrons. The van der Waals surface area contributed by atoms with Gasteiger partial charge in [-0.05, 0) is 38.0 Å². The van der Waals surface area contributed by atoms with Gasteiger partial charge in [0.2, 0.25) is 0 Å². The van der Waals surface area contributed by atoms with Crippen LogP contribution in [0.3, 0.4) is 0 Å². The molecule has 1 aliphatic carbocycles. The third-order valence-electron chi connectivity index (χ3n) is 2.47. The molecule has 0 radical (unpaired) electrons. The van der Waals surface area contributed by atoms with E-state index in [4.69, 9.17) is 5.11 Å². The quantitative estimate of drug-likeness (QED) is 0.533. The fraction of sp³-hybridized carbons (Fsp3) is 0.545. The second kappa shape index (κ2) is 4.85. The molecular formula is C11H16O2. The Bertz CT molecular complexity index is 228. The summed E-state index contributed by atoms with van der Waals surface area (Å²) in [6.07, 6.45) is 9.56. The number of hydrogen-bond acceptors (Lipinski definition) is 1. The summed E-state index contributed by atoms with van der Waals surface area (Å²) in [6.45, 7) is 3.51. The van der Waals surface area contributed by atoms with Crippen LogP contribution in [0.2, 0.25) is 0 Å². The maximum absolute atomic E-state index is 10.5. The summed E-state index contributed by atoms with van der Waals surface area (Å²) in [7, 11) is 0. The van der Waals surface area contributed by atoms with Crippen molar-refractivity contribution in [2.45, 2.75) is 32.1 Å². The third kappa shape index (κ3) is 3.45. The molecular weight excluding hydrogens is 164 g/mol. The zero-order valence-electron chi connectivity index (χ0n) is 7.83. The predicted octanol–water partition coefficient (Wildman–Crippen LogP) is 2.76. The van der Waals surface area contributed by atoms with Crippen LogP contribution in [0.4, 0.5) is 0 Å². The van der Waals surface area contributed by atoms with Gasteiger partial charge >= 0.3 is 5.97 Å². The highest BCUT2D eigenvalue weighted by atomic mass is 16.4. The van der Waals surface area contributed by atoms with Crippen molar-refractivity contribution >= 4 is 5.97 Å². The molecule has 0 amide bonds. The van der Waals surface area contributed by atoms with Crippen molar-refractivity contribution in [1.82, 2.24) is 0 Å². The minimum atomic E-state index is -0.861. The lowest BCUT2D eigenvalue weighted by Crippen LogP contribution is -2.04. The number of hydrogen-bond donors (Lipinski definition) is 1. The van der Waals surface area contributed by atoms with Gasteiger partial charge in [-0.2, -0.15) is 0 Å². The summed E-state index contributed by atoms with van der Waals surface area (Å²) in [5.74, 6) is -0.287. The number of aliphatic carboxylic acids is 1. The molecule has 0 saturated heterocycles. The van der Waals surface area contributed by atoms with Crippen molar-refractivity contribution in [3.05, 3.63) is 24.3 Å². The number of carboxylic acids is 1. The molecule has 0 bridgehead atoms. The second-order valence-electron chi connectivity index (χ2n) is 3.57. The van der Waals surface area contributed by atoms with Gasteiger partial charge in [-0.3, -0.25) is 0 Å². The van der Waals surface area contributed by atoms with Crippen LogP contribution in [0.25, 0.3) is 0 Å². The summed E-state index contributed by atoms with van der Waals surface area (Å²) in [6, 6.07) is 0. The Kier molecular flexibility index (Phi) is 3.74. The van der Waals surface area contributed by atoms with Crippen molar-refractivity contribution in [2.75, 3.05) is 0 Å². The molecule has 0 aliphatic heterocycles. The van der Waals surface area contributed by atoms with E-state index in [2.05, 4.69) is 18.7 Å². The molecule has 0 saturated carbocycles. The molecule has 2 nitrogen and oxygen atoms in total.